The first-order valence-corrected chi connectivity index (χ1v) is 6.08. The first kappa shape index (κ1) is 11.4. The van der Waals surface area contributed by atoms with Crippen molar-refractivity contribution in [1.29, 1.82) is 0 Å². The van der Waals surface area contributed by atoms with E-state index in [4.69, 9.17) is 5.73 Å². The highest BCUT2D eigenvalue weighted by Gasteiger charge is 2.51. The Hall–Kier alpha value is -1.06. The lowest BCUT2D eigenvalue weighted by Crippen LogP contribution is -2.31. The number of hydrogen-bond donors (Lipinski definition) is 2. The van der Waals surface area contributed by atoms with Crippen molar-refractivity contribution in [2.75, 3.05) is 0 Å². The standard InChI is InChI=1S/C12H21N3O/c1-12(2)9-4-3-8(7-9)10(12)5-6-14-15-11(13)16/h6,8-10H,3-5,7H2,1-2H3,(H3,13,15,16)/b14-6-/t8-,9+,10-/m0/s1. The zero-order chi connectivity index (χ0) is 11.8. The number of fused-ring (bicyclic) bond motifs is 2. The second-order valence-corrected chi connectivity index (χ2v) is 5.72. The van der Waals surface area contributed by atoms with Crippen LogP contribution in [0.1, 0.15) is 39.5 Å². The summed E-state index contributed by atoms with van der Waals surface area (Å²) in [4.78, 5) is 10.4. The monoisotopic (exact) mass is 223 g/mol. The Labute approximate surface area is 96.7 Å². The van der Waals surface area contributed by atoms with Crippen LogP contribution in [0.4, 0.5) is 4.79 Å². The third-order valence-corrected chi connectivity index (χ3v) is 4.68. The highest BCUT2D eigenvalue weighted by atomic mass is 16.2. The molecule has 0 aromatic rings. The fourth-order valence-electron chi connectivity index (χ4n) is 3.74. The third kappa shape index (κ3) is 1.93. The van der Waals surface area contributed by atoms with E-state index in [2.05, 4.69) is 24.4 Å². The summed E-state index contributed by atoms with van der Waals surface area (Å²) in [5, 5.41) is 3.83. The summed E-state index contributed by atoms with van der Waals surface area (Å²) in [6.45, 7) is 4.74. The van der Waals surface area contributed by atoms with E-state index in [0.29, 0.717) is 11.3 Å². The van der Waals surface area contributed by atoms with E-state index in [1.807, 2.05) is 0 Å². The van der Waals surface area contributed by atoms with E-state index in [1.54, 1.807) is 6.21 Å². The number of urea groups is 1. The molecule has 0 heterocycles. The molecule has 2 amide bonds. The van der Waals surface area contributed by atoms with Gasteiger partial charge in [-0.2, -0.15) is 5.10 Å². The Morgan fingerprint density at radius 3 is 2.88 bits per heavy atom. The molecule has 16 heavy (non-hydrogen) atoms. The molecule has 0 unspecified atom stereocenters. The van der Waals surface area contributed by atoms with E-state index in [-0.39, 0.29) is 0 Å². The highest BCUT2D eigenvalue weighted by Crippen LogP contribution is 2.60. The van der Waals surface area contributed by atoms with Crippen LogP contribution in [-0.2, 0) is 0 Å². The molecule has 2 saturated carbocycles. The van der Waals surface area contributed by atoms with Gasteiger partial charge in [-0.05, 0) is 48.9 Å². The lowest BCUT2D eigenvalue weighted by molar-refractivity contribution is 0.129. The van der Waals surface area contributed by atoms with Crippen molar-refractivity contribution in [3.8, 4) is 0 Å². The van der Waals surface area contributed by atoms with E-state index in [9.17, 15) is 4.79 Å². The quantitative estimate of drug-likeness (QED) is 0.558. The minimum absolute atomic E-state index is 0.432. The van der Waals surface area contributed by atoms with E-state index >= 15 is 0 Å². The maximum absolute atomic E-state index is 10.4. The van der Waals surface area contributed by atoms with Gasteiger partial charge in [0, 0.05) is 6.21 Å². The summed E-state index contributed by atoms with van der Waals surface area (Å²) in [5.74, 6) is 2.46. The molecule has 2 aliphatic rings. The zero-order valence-electron chi connectivity index (χ0n) is 10.1. The molecular weight excluding hydrogens is 202 g/mol. The first-order valence-electron chi connectivity index (χ1n) is 6.08. The normalized spacial score (nSPS) is 35.8. The van der Waals surface area contributed by atoms with Crippen LogP contribution in [0.2, 0.25) is 0 Å². The molecule has 2 aliphatic carbocycles. The summed E-state index contributed by atoms with van der Waals surface area (Å²) in [6, 6.07) is -0.594. The van der Waals surface area contributed by atoms with Crippen LogP contribution in [0.25, 0.3) is 0 Å². The van der Waals surface area contributed by atoms with Crippen molar-refractivity contribution in [3.05, 3.63) is 0 Å². The van der Waals surface area contributed by atoms with Crippen molar-refractivity contribution in [2.45, 2.75) is 39.5 Å². The number of nitrogens with zero attached hydrogens (tertiary/aromatic N) is 1. The molecule has 4 heteroatoms. The molecule has 3 atom stereocenters. The third-order valence-electron chi connectivity index (χ3n) is 4.68. The average molecular weight is 223 g/mol. The lowest BCUT2D eigenvalue weighted by atomic mass is 9.68. The number of rotatable bonds is 3. The number of hydrogen-bond acceptors (Lipinski definition) is 2. The predicted octanol–water partition coefficient (Wildman–Crippen LogP) is 2.10. The largest absolute Gasteiger partial charge is 0.350 e. The molecule has 2 bridgehead atoms. The Kier molecular flexibility index (Phi) is 2.91. The van der Waals surface area contributed by atoms with Crippen LogP contribution in [0.15, 0.2) is 5.10 Å². The second-order valence-electron chi connectivity index (χ2n) is 5.72. The van der Waals surface area contributed by atoms with Crippen LogP contribution >= 0.6 is 0 Å². The van der Waals surface area contributed by atoms with Crippen molar-refractivity contribution in [2.24, 2.45) is 34.0 Å². The molecule has 2 rings (SSSR count). The maximum atomic E-state index is 10.4. The number of hydrazone groups is 1. The Morgan fingerprint density at radius 1 is 1.56 bits per heavy atom. The molecule has 0 spiro atoms. The number of primary amides is 1. The fourth-order valence-corrected chi connectivity index (χ4v) is 3.74. The number of nitrogens with one attached hydrogen (secondary N) is 1. The van der Waals surface area contributed by atoms with Crippen LogP contribution in [-0.4, -0.2) is 12.2 Å². The number of carbonyl (C=O) groups is 1. The molecular formula is C12H21N3O. The lowest BCUT2D eigenvalue weighted by Gasteiger charge is -2.37. The van der Waals surface area contributed by atoms with Gasteiger partial charge in [0.05, 0.1) is 0 Å². The average Bonchev–Trinajstić information content (AvgIpc) is 2.72. The summed E-state index contributed by atoms with van der Waals surface area (Å²) in [5.41, 5.74) is 7.62. The van der Waals surface area contributed by atoms with Gasteiger partial charge in [-0.3, -0.25) is 0 Å². The van der Waals surface area contributed by atoms with Crippen molar-refractivity contribution in [3.63, 3.8) is 0 Å². The van der Waals surface area contributed by atoms with Gasteiger partial charge in [0.2, 0.25) is 0 Å². The summed E-state index contributed by atoms with van der Waals surface area (Å²) in [7, 11) is 0. The minimum Gasteiger partial charge on any atom is -0.350 e. The van der Waals surface area contributed by atoms with Crippen LogP contribution in [0.5, 0.6) is 0 Å². The predicted molar refractivity (Wildman–Crippen MR) is 63.9 cm³/mol. The molecule has 0 aliphatic heterocycles. The number of amides is 2. The molecule has 0 aromatic carbocycles. The van der Waals surface area contributed by atoms with Gasteiger partial charge < -0.3 is 5.73 Å². The van der Waals surface area contributed by atoms with Gasteiger partial charge in [0.15, 0.2) is 0 Å². The van der Waals surface area contributed by atoms with E-state index < -0.39 is 6.03 Å². The molecule has 90 valence electrons. The minimum atomic E-state index is -0.594. The molecule has 4 nitrogen and oxygen atoms in total. The number of carbonyl (C=O) groups excluding carboxylic acids is 1. The van der Waals surface area contributed by atoms with Crippen LogP contribution in [0, 0.1) is 23.2 Å². The Balaban J connectivity index is 1.90. The van der Waals surface area contributed by atoms with Crippen molar-refractivity contribution >= 4 is 12.2 Å². The van der Waals surface area contributed by atoms with Crippen molar-refractivity contribution < 1.29 is 4.79 Å². The smallest absolute Gasteiger partial charge is 0.332 e. The summed E-state index contributed by atoms with van der Waals surface area (Å²) >= 11 is 0. The van der Waals surface area contributed by atoms with Crippen LogP contribution in [0.3, 0.4) is 0 Å². The second kappa shape index (κ2) is 4.07. The van der Waals surface area contributed by atoms with Gasteiger partial charge in [0.25, 0.3) is 0 Å². The topological polar surface area (TPSA) is 67.5 Å². The van der Waals surface area contributed by atoms with E-state index in [1.165, 1.54) is 19.3 Å². The molecule has 0 aromatic heterocycles. The molecule has 2 fully saturated rings. The molecule has 0 radical (unpaired) electrons. The van der Waals surface area contributed by atoms with Gasteiger partial charge in [-0.25, -0.2) is 10.2 Å². The van der Waals surface area contributed by atoms with Crippen molar-refractivity contribution in [1.82, 2.24) is 5.43 Å². The molecule has 0 saturated heterocycles. The van der Waals surface area contributed by atoms with E-state index in [0.717, 1.165) is 18.3 Å². The van der Waals surface area contributed by atoms with Gasteiger partial charge >= 0.3 is 6.03 Å². The van der Waals surface area contributed by atoms with Gasteiger partial charge in [0.1, 0.15) is 0 Å². The van der Waals surface area contributed by atoms with Gasteiger partial charge in [-0.1, -0.05) is 13.8 Å². The Bertz CT molecular complexity index is 311. The zero-order valence-corrected chi connectivity index (χ0v) is 10.1. The van der Waals surface area contributed by atoms with Gasteiger partial charge in [-0.15, -0.1) is 0 Å². The highest BCUT2D eigenvalue weighted by molar-refractivity contribution is 5.72. The molecule has 3 N–H and O–H groups in total. The maximum Gasteiger partial charge on any atom is 0.332 e. The summed E-state index contributed by atoms with van der Waals surface area (Å²) in [6.07, 6.45) is 6.90. The fraction of sp³-hybridized carbons (Fsp3) is 0.833. The van der Waals surface area contributed by atoms with Crippen LogP contribution < -0.4 is 11.2 Å². The number of nitrogens with two attached hydrogens (primary N) is 1. The first-order chi connectivity index (χ1) is 7.51. The SMILES string of the molecule is CC1(C)[C@@H]2CC[C@@H](C2)[C@@H]1C/C=N\NC(N)=O. The summed E-state index contributed by atoms with van der Waals surface area (Å²) < 4.78 is 0. The Morgan fingerprint density at radius 2 is 2.31 bits per heavy atom.